The molecule has 3 rings (SSSR count). The number of fused-ring (bicyclic) bond motifs is 3. The third kappa shape index (κ3) is 2.73. The van der Waals surface area contributed by atoms with Crippen molar-refractivity contribution in [1.82, 2.24) is 5.32 Å². The molecule has 1 amide bonds. The number of hydrogen-bond acceptors (Lipinski definition) is 3. The molecule has 0 aromatic carbocycles. The van der Waals surface area contributed by atoms with Crippen molar-refractivity contribution in [2.45, 2.75) is 70.1 Å². The van der Waals surface area contributed by atoms with Crippen molar-refractivity contribution in [3.8, 4) is 0 Å². The minimum atomic E-state index is -0.448. The van der Waals surface area contributed by atoms with E-state index in [9.17, 15) is 4.79 Å². The molecule has 1 atom stereocenters. The van der Waals surface area contributed by atoms with Crippen LogP contribution in [0.25, 0.3) is 0 Å². The first-order chi connectivity index (χ1) is 7.81. The molecule has 0 heterocycles. The quantitative estimate of drug-likeness (QED) is 0.738. The van der Waals surface area contributed by atoms with E-state index >= 15 is 0 Å². The van der Waals surface area contributed by atoms with E-state index < -0.39 is 5.60 Å². The Morgan fingerprint density at radius 1 is 1.35 bits per heavy atom. The zero-order valence-electron chi connectivity index (χ0n) is 11.1. The number of amides is 1. The van der Waals surface area contributed by atoms with Crippen LogP contribution in [0.4, 0.5) is 4.79 Å². The van der Waals surface area contributed by atoms with Gasteiger partial charge in [0.15, 0.2) is 0 Å². The molecule has 3 aliphatic rings. The molecule has 3 N–H and O–H groups in total. The number of nitrogens with two attached hydrogens (primary N) is 1. The number of hydrogen-bond donors (Lipinski definition) is 2. The van der Waals surface area contributed by atoms with Gasteiger partial charge >= 0.3 is 6.09 Å². The van der Waals surface area contributed by atoms with Crippen molar-refractivity contribution in [2.24, 2.45) is 11.7 Å². The van der Waals surface area contributed by atoms with Gasteiger partial charge in [0.2, 0.25) is 0 Å². The summed E-state index contributed by atoms with van der Waals surface area (Å²) in [7, 11) is 0. The summed E-state index contributed by atoms with van der Waals surface area (Å²) in [6, 6.07) is 0.0857. The smallest absolute Gasteiger partial charge is 0.408 e. The van der Waals surface area contributed by atoms with Gasteiger partial charge in [0.25, 0.3) is 0 Å². The van der Waals surface area contributed by atoms with E-state index in [1.165, 1.54) is 12.8 Å². The Morgan fingerprint density at radius 3 is 2.41 bits per heavy atom. The van der Waals surface area contributed by atoms with Crippen LogP contribution in [0.2, 0.25) is 0 Å². The second kappa shape index (κ2) is 4.16. The van der Waals surface area contributed by atoms with Gasteiger partial charge in [-0.05, 0) is 58.8 Å². The summed E-state index contributed by atoms with van der Waals surface area (Å²) >= 11 is 0. The van der Waals surface area contributed by atoms with Gasteiger partial charge in [0, 0.05) is 6.04 Å². The van der Waals surface area contributed by atoms with Gasteiger partial charge in [-0.3, -0.25) is 0 Å². The van der Waals surface area contributed by atoms with Gasteiger partial charge in [0.05, 0.1) is 5.54 Å². The van der Waals surface area contributed by atoms with Gasteiger partial charge in [-0.2, -0.15) is 0 Å². The molecule has 0 unspecified atom stereocenters. The fraction of sp³-hybridized carbons (Fsp3) is 0.923. The standard InChI is InChI=1S/C13H24N2O2/c1-12(2,3)17-11(16)15-13-6-4-9(5-7-13)8-10(13)14/h9-10H,4-8,14H2,1-3H3,(H,15,16)/t9?,10-,13?/m0/s1. The lowest BCUT2D eigenvalue weighted by Gasteiger charge is -2.50. The lowest BCUT2D eigenvalue weighted by Crippen LogP contribution is -2.65. The molecule has 2 bridgehead atoms. The van der Waals surface area contributed by atoms with Gasteiger partial charge < -0.3 is 15.8 Å². The molecule has 3 aliphatic carbocycles. The molecule has 0 aromatic rings. The SMILES string of the molecule is CC(C)(C)OC(=O)NC12CCC(CC1)C[C@@H]2N. The molecular weight excluding hydrogens is 216 g/mol. The second-order valence-electron chi connectivity index (χ2n) is 6.57. The Kier molecular flexibility index (Phi) is 3.10. The normalized spacial score (nSPS) is 36.7. The molecular formula is C13H24N2O2. The van der Waals surface area contributed by atoms with E-state index in [0.717, 1.165) is 25.2 Å². The summed E-state index contributed by atoms with van der Waals surface area (Å²) in [6.45, 7) is 5.63. The Bertz CT molecular complexity index is 301. The van der Waals surface area contributed by atoms with Crippen molar-refractivity contribution < 1.29 is 9.53 Å². The Labute approximate surface area is 103 Å². The zero-order chi connectivity index (χ0) is 12.7. The molecule has 0 aromatic heterocycles. The van der Waals surface area contributed by atoms with E-state index in [4.69, 9.17) is 10.5 Å². The predicted molar refractivity (Wildman–Crippen MR) is 66.7 cm³/mol. The first-order valence-electron chi connectivity index (χ1n) is 6.57. The fourth-order valence-corrected chi connectivity index (χ4v) is 3.11. The molecule has 4 heteroatoms. The predicted octanol–water partition coefficient (Wildman–Crippen LogP) is 2.17. The molecule has 4 nitrogen and oxygen atoms in total. The Morgan fingerprint density at radius 2 is 1.94 bits per heavy atom. The summed E-state index contributed by atoms with van der Waals surface area (Å²) in [5, 5.41) is 3.04. The van der Waals surface area contributed by atoms with Crippen molar-refractivity contribution >= 4 is 6.09 Å². The van der Waals surface area contributed by atoms with Crippen LogP contribution < -0.4 is 11.1 Å². The first-order valence-corrected chi connectivity index (χ1v) is 6.57. The van der Waals surface area contributed by atoms with Crippen LogP contribution in [0.3, 0.4) is 0 Å². The molecule has 17 heavy (non-hydrogen) atoms. The van der Waals surface area contributed by atoms with Gasteiger partial charge in [-0.15, -0.1) is 0 Å². The molecule has 0 saturated heterocycles. The number of carbonyl (C=O) groups is 1. The highest BCUT2D eigenvalue weighted by molar-refractivity contribution is 5.69. The number of alkyl carbamates (subject to hydrolysis) is 1. The van der Waals surface area contributed by atoms with Crippen molar-refractivity contribution in [3.63, 3.8) is 0 Å². The van der Waals surface area contributed by atoms with Crippen LogP contribution in [0.15, 0.2) is 0 Å². The monoisotopic (exact) mass is 240 g/mol. The average molecular weight is 240 g/mol. The summed E-state index contributed by atoms with van der Waals surface area (Å²) in [5.41, 5.74) is 5.54. The third-order valence-electron chi connectivity index (χ3n) is 4.04. The molecule has 0 spiro atoms. The van der Waals surface area contributed by atoms with E-state index in [-0.39, 0.29) is 17.7 Å². The van der Waals surface area contributed by atoms with E-state index in [1.54, 1.807) is 0 Å². The zero-order valence-corrected chi connectivity index (χ0v) is 11.1. The van der Waals surface area contributed by atoms with Crippen LogP contribution in [-0.2, 0) is 4.74 Å². The van der Waals surface area contributed by atoms with Crippen molar-refractivity contribution in [3.05, 3.63) is 0 Å². The third-order valence-corrected chi connectivity index (χ3v) is 4.04. The molecule has 0 aliphatic heterocycles. The molecule has 98 valence electrons. The molecule has 3 fully saturated rings. The highest BCUT2D eigenvalue weighted by Gasteiger charge is 2.47. The summed E-state index contributed by atoms with van der Waals surface area (Å²) in [4.78, 5) is 11.9. The fourth-order valence-electron chi connectivity index (χ4n) is 3.11. The van der Waals surface area contributed by atoms with Gasteiger partial charge in [-0.1, -0.05) is 0 Å². The van der Waals surface area contributed by atoms with Crippen LogP contribution in [-0.4, -0.2) is 23.3 Å². The van der Waals surface area contributed by atoms with E-state index in [1.807, 2.05) is 20.8 Å². The van der Waals surface area contributed by atoms with Gasteiger partial charge in [-0.25, -0.2) is 4.79 Å². The maximum atomic E-state index is 11.9. The maximum Gasteiger partial charge on any atom is 0.408 e. The number of carbonyl (C=O) groups excluding carboxylic acids is 1. The first kappa shape index (κ1) is 12.7. The summed E-state index contributed by atoms with van der Waals surface area (Å²) in [5.74, 6) is 0.771. The van der Waals surface area contributed by atoms with Crippen LogP contribution in [0.1, 0.15) is 52.9 Å². The number of rotatable bonds is 1. The summed E-state index contributed by atoms with van der Waals surface area (Å²) < 4.78 is 5.33. The van der Waals surface area contributed by atoms with E-state index in [2.05, 4.69) is 5.32 Å². The van der Waals surface area contributed by atoms with Crippen LogP contribution in [0, 0.1) is 5.92 Å². The second-order valence-corrected chi connectivity index (χ2v) is 6.57. The lowest BCUT2D eigenvalue weighted by molar-refractivity contribution is 0.0255. The Balaban J connectivity index is 1.99. The van der Waals surface area contributed by atoms with E-state index in [0.29, 0.717) is 0 Å². The largest absolute Gasteiger partial charge is 0.444 e. The number of ether oxygens (including phenoxy) is 1. The Hall–Kier alpha value is -0.770. The minimum Gasteiger partial charge on any atom is -0.444 e. The average Bonchev–Trinajstić information content (AvgIpc) is 2.17. The van der Waals surface area contributed by atoms with Crippen molar-refractivity contribution in [2.75, 3.05) is 0 Å². The molecule has 3 saturated carbocycles. The lowest BCUT2D eigenvalue weighted by atomic mass is 9.63. The molecule has 0 radical (unpaired) electrons. The highest BCUT2D eigenvalue weighted by Crippen LogP contribution is 2.43. The number of nitrogens with one attached hydrogen (secondary N) is 1. The van der Waals surface area contributed by atoms with Gasteiger partial charge in [0.1, 0.15) is 5.60 Å². The highest BCUT2D eigenvalue weighted by atomic mass is 16.6. The minimum absolute atomic E-state index is 0.0857. The topological polar surface area (TPSA) is 64.3 Å². The van der Waals surface area contributed by atoms with Crippen molar-refractivity contribution in [1.29, 1.82) is 0 Å². The summed E-state index contributed by atoms with van der Waals surface area (Å²) in [6.07, 6.45) is 5.08. The van der Waals surface area contributed by atoms with Crippen LogP contribution in [0.5, 0.6) is 0 Å². The maximum absolute atomic E-state index is 11.9. The van der Waals surface area contributed by atoms with Crippen LogP contribution >= 0.6 is 0 Å².